The molecule has 8 heteroatoms. The first-order valence-corrected chi connectivity index (χ1v) is 14.3. The van der Waals surface area contributed by atoms with Crippen molar-refractivity contribution in [3.05, 3.63) is 24.3 Å². The number of piperidine rings is 1. The predicted molar refractivity (Wildman–Crippen MR) is 142 cm³/mol. The Morgan fingerprint density at radius 1 is 0.973 bits per heavy atom. The molecule has 3 aliphatic rings. The lowest BCUT2D eigenvalue weighted by Gasteiger charge is -2.52. The molecule has 206 valence electrons. The van der Waals surface area contributed by atoms with Gasteiger partial charge in [0.15, 0.2) is 0 Å². The summed E-state index contributed by atoms with van der Waals surface area (Å²) in [6.45, 7) is 5.85. The quantitative estimate of drug-likeness (QED) is 0.389. The van der Waals surface area contributed by atoms with Crippen molar-refractivity contribution < 1.29 is 24.5 Å². The van der Waals surface area contributed by atoms with Crippen LogP contribution in [0, 0.1) is 0 Å². The Balaban J connectivity index is 1.29. The summed E-state index contributed by atoms with van der Waals surface area (Å²) < 4.78 is 5.74. The Morgan fingerprint density at radius 2 is 1.68 bits per heavy atom. The molecule has 0 aromatic heterocycles. The van der Waals surface area contributed by atoms with Gasteiger partial charge in [0.2, 0.25) is 11.8 Å². The SMILES string of the molecule is CCCCN1C(=O)[C@@H](CC2(O)CCCCC2)NC(=O)C12CCN(CCCCOc1ccc(O)cc1)CC2. The van der Waals surface area contributed by atoms with Gasteiger partial charge in [-0.05, 0) is 75.8 Å². The molecule has 3 N–H and O–H groups in total. The zero-order valence-corrected chi connectivity index (χ0v) is 22.4. The molecule has 1 aliphatic carbocycles. The number of aromatic hydroxyl groups is 1. The Labute approximate surface area is 221 Å². The van der Waals surface area contributed by atoms with Crippen molar-refractivity contribution in [3.8, 4) is 11.5 Å². The average Bonchev–Trinajstić information content (AvgIpc) is 2.89. The number of ether oxygens (including phenoxy) is 1. The Morgan fingerprint density at radius 3 is 2.35 bits per heavy atom. The molecule has 2 heterocycles. The number of piperazine rings is 1. The molecule has 8 nitrogen and oxygen atoms in total. The molecular formula is C29H45N3O5. The zero-order valence-electron chi connectivity index (χ0n) is 22.4. The fraction of sp³-hybridized carbons (Fsp3) is 0.724. The molecule has 2 saturated heterocycles. The van der Waals surface area contributed by atoms with Crippen molar-refractivity contribution >= 4 is 11.8 Å². The highest BCUT2D eigenvalue weighted by Crippen LogP contribution is 2.37. The topological polar surface area (TPSA) is 102 Å². The van der Waals surface area contributed by atoms with E-state index in [-0.39, 0.29) is 17.6 Å². The Kier molecular flexibility index (Phi) is 9.35. The molecule has 0 bridgehead atoms. The lowest BCUT2D eigenvalue weighted by molar-refractivity contribution is -0.163. The van der Waals surface area contributed by atoms with Gasteiger partial charge in [0.05, 0.1) is 12.2 Å². The number of benzene rings is 1. The van der Waals surface area contributed by atoms with Gasteiger partial charge < -0.3 is 30.1 Å². The third-order valence-electron chi connectivity index (χ3n) is 8.57. The predicted octanol–water partition coefficient (Wildman–Crippen LogP) is 3.60. The molecular weight excluding hydrogens is 470 g/mol. The highest BCUT2D eigenvalue weighted by atomic mass is 16.5. The van der Waals surface area contributed by atoms with E-state index in [9.17, 15) is 19.8 Å². The first kappa shape index (κ1) is 27.7. The number of hydrogen-bond donors (Lipinski definition) is 3. The summed E-state index contributed by atoms with van der Waals surface area (Å²) >= 11 is 0. The van der Waals surface area contributed by atoms with Gasteiger partial charge in [0.1, 0.15) is 23.1 Å². The van der Waals surface area contributed by atoms with Gasteiger partial charge in [-0.3, -0.25) is 9.59 Å². The van der Waals surface area contributed by atoms with Crippen LogP contribution in [0.15, 0.2) is 24.3 Å². The molecule has 1 atom stereocenters. The fourth-order valence-corrected chi connectivity index (χ4v) is 6.26. The Hall–Kier alpha value is -2.32. The van der Waals surface area contributed by atoms with Gasteiger partial charge in [0, 0.05) is 26.1 Å². The molecule has 2 amide bonds. The van der Waals surface area contributed by atoms with Crippen LogP contribution in [-0.4, -0.2) is 81.8 Å². The molecule has 1 aromatic rings. The van der Waals surface area contributed by atoms with Crippen LogP contribution in [0.5, 0.6) is 11.5 Å². The van der Waals surface area contributed by atoms with E-state index >= 15 is 0 Å². The standard InChI is InChI=1S/C29H45N3O5/c1-2-3-18-32-26(34)25(22-28(36)13-5-4-6-14-28)30-27(35)29(32)15-19-31(20-16-29)17-7-8-21-37-24-11-9-23(33)10-12-24/h9-12,25,33,36H,2-8,13-22H2,1H3,(H,30,35)/t25-/m1/s1. The van der Waals surface area contributed by atoms with E-state index in [4.69, 9.17) is 4.74 Å². The maximum absolute atomic E-state index is 13.7. The van der Waals surface area contributed by atoms with E-state index in [0.29, 0.717) is 45.3 Å². The van der Waals surface area contributed by atoms with Crippen molar-refractivity contribution in [3.63, 3.8) is 0 Å². The van der Waals surface area contributed by atoms with Gasteiger partial charge in [-0.2, -0.15) is 0 Å². The maximum Gasteiger partial charge on any atom is 0.246 e. The molecule has 37 heavy (non-hydrogen) atoms. The molecule has 1 spiro atoms. The van der Waals surface area contributed by atoms with Gasteiger partial charge >= 0.3 is 0 Å². The first-order valence-electron chi connectivity index (χ1n) is 14.3. The van der Waals surface area contributed by atoms with E-state index in [1.807, 2.05) is 4.90 Å². The van der Waals surface area contributed by atoms with Crippen LogP contribution in [0.2, 0.25) is 0 Å². The molecule has 1 saturated carbocycles. The number of likely N-dealkylation sites (tertiary alicyclic amines) is 1. The maximum atomic E-state index is 13.7. The second-order valence-corrected chi connectivity index (χ2v) is 11.3. The number of aliphatic hydroxyl groups is 1. The largest absolute Gasteiger partial charge is 0.508 e. The van der Waals surface area contributed by atoms with Crippen molar-refractivity contribution in [1.82, 2.24) is 15.1 Å². The normalized spacial score (nSPS) is 23.7. The van der Waals surface area contributed by atoms with E-state index < -0.39 is 17.2 Å². The fourth-order valence-electron chi connectivity index (χ4n) is 6.26. The summed E-state index contributed by atoms with van der Waals surface area (Å²) in [6.07, 6.45) is 9.90. The second kappa shape index (κ2) is 12.5. The third kappa shape index (κ3) is 6.77. The van der Waals surface area contributed by atoms with Gasteiger partial charge in [-0.15, -0.1) is 0 Å². The first-order chi connectivity index (χ1) is 17.8. The molecule has 4 rings (SSSR count). The third-order valence-corrected chi connectivity index (χ3v) is 8.57. The Bertz CT molecular complexity index is 891. The van der Waals surface area contributed by atoms with Crippen molar-refractivity contribution in [2.24, 2.45) is 0 Å². The molecule has 3 fully saturated rings. The van der Waals surface area contributed by atoms with Gasteiger partial charge in [-0.25, -0.2) is 0 Å². The van der Waals surface area contributed by atoms with Crippen molar-refractivity contribution in [2.75, 3.05) is 32.8 Å². The van der Waals surface area contributed by atoms with Crippen LogP contribution >= 0.6 is 0 Å². The van der Waals surface area contributed by atoms with E-state index in [1.165, 1.54) is 0 Å². The molecule has 0 radical (unpaired) electrons. The molecule has 1 aromatic carbocycles. The van der Waals surface area contributed by atoms with Crippen LogP contribution in [-0.2, 0) is 9.59 Å². The number of phenols is 1. The number of nitrogens with one attached hydrogen (secondary N) is 1. The highest BCUT2D eigenvalue weighted by Gasteiger charge is 2.54. The zero-order chi connectivity index (χ0) is 26.3. The number of phenolic OH excluding ortho intramolecular Hbond substituents is 1. The minimum Gasteiger partial charge on any atom is -0.508 e. The number of amides is 2. The monoisotopic (exact) mass is 515 g/mol. The van der Waals surface area contributed by atoms with Gasteiger partial charge in [-0.1, -0.05) is 32.6 Å². The number of unbranched alkanes of at least 4 members (excludes halogenated alkanes) is 2. The van der Waals surface area contributed by atoms with Crippen LogP contribution in [0.4, 0.5) is 0 Å². The van der Waals surface area contributed by atoms with E-state index in [1.54, 1.807) is 24.3 Å². The summed E-state index contributed by atoms with van der Waals surface area (Å²) in [6, 6.07) is 6.15. The van der Waals surface area contributed by atoms with E-state index in [2.05, 4.69) is 17.1 Å². The lowest BCUT2D eigenvalue weighted by Crippen LogP contribution is -2.73. The summed E-state index contributed by atoms with van der Waals surface area (Å²) in [5.41, 5.74) is -1.61. The van der Waals surface area contributed by atoms with E-state index in [0.717, 1.165) is 70.3 Å². The molecule has 2 aliphatic heterocycles. The highest BCUT2D eigenvalue weighted by molar-refractivity contribution is 6.00. The summed E-state index contributed by atoms with van der Waals surface area (Å²) in [5.74, 6) is 0.946. The second-order valence-electron chi connectivity index (χ2n) is 11.3. The van der Waals surface area contributed by atoms with Crippen LogP contribution in [0.25, 0.3) is 0 Å². The number of carbonyl (C=O) groups is 2. The number of carbonyl (C=O) groups excluding carboxylic acids is 2. The van der Waals surface area contributed by atoms with Crippen molar-refractivity contribution in [1.29, 1.82) is 0 Å². The minimum atomic E-state index is -0.845. The minimum absolute atomic E-state index is 0.00752. The molecule has 0 unspecified atom stereocenters. The summed E-state index contributed by atoms with van der Waals surface area (Å²) in [7, 11) is 0. The number of rotatable bonds is 11. The van der Waals surface area contributed by atoms with Crippen LogP contribution in [0.3, 0.4) is 0 Å². The van der Waals surface area contributed by atoms with Gasteiger partial charge in [0.25, 0.3) is 0 Å². The van der Waals surface area contributed by atoms with Crippen LogP contribution in [0.1, 0.15) is 84.0 Å². The number of nitrogens with zero attached hydrogens (tertiary/aromatic N) is 2. The van der Waals surface area contributed by atoms with Crippen LogP contribution < -0.4 is 10.1 Å². The number of hydrogen-bond acceptors (Lipinski definition) is 6. The average molecular weight is 516 g/mol. The smallest absolute Gasteiger partial charge is 0.246 e. The summed E-state index contributed by atoms with van der Waals surface area (Å²) in [5, 5.41) is 23.5. The van der Waals surface area contributed by atoms with Crippen molar-refractivity contribution in [2.45, 2.75) is 101 Å². The lowest BCUT2D eigenvalue weighted by atomic mass is 9.77. The summed E-state index contributed by atoms with van der Waals surface area (Å²) in [4.78, 5) is 31.5.